The zero-order chi connectivity index (χ0) is 32.0. The van der Waals surface area contributed by atoms with Crippen LogP contribution in [0.5, 0.6) is 5.75 Å². The average Bonchev–Trinajstić information content (AvgIpc) is 3.50. The van der Waals surface area contributed by atoms with Crippen LogP contribution in [0.4, 0.5) is 5.69 Å². The van der Waals surface area contributed by atoms with Gasteiger partial charge in [-0.05, 0) is 74.2 Å². The Balaban J connectivity index is 1.78. The highest BCUT2D eigenvalue weighted by atomic mass is 35.5. The summed E-state index contributed by atoms with van der Waals surface area (Å²) in [5.74, 6) is -0.678. The van der Waals surface area contributed by atoms with Crippen LogP contribution in [0, 0.1) is 6.92 Å². The monoisotopic (exact) mass is 679 g/mol. The predicted octanol–water partition coefficient (Wildman–Crippen LogP) is 7.03. The first-order valence-corrected chi connectivity index (χ1v) is 17.0. The van der Waals surface area contributed by atoms with Crippen LogP contribution < -0.4 is 14.4 Å². The highest BCUT2D eigenvalue weighted by Crippen LogP contribution is 2.35. The van der Waals surface area contributed by atoms with Gasteiger partial charge in [-0.3, -0.25) is 13.9 Å². The maximum Gasteiger partial charge on any atom is 0.264 e. The molecule has 0 saturated heterocycles. The van der Waals surface area contributed by atoms with Gasteiger partial charge >= 0.3 is 0 Å². The lowest BCUT2D eigenvalue weighted by molar-refractivity contribution is -0.140. The molecule has 4 rings (SSSR count). The Morgan fingerprint density at radius 3 is 2.27 bits per heavy atom. The molecule has 236 valence electrons. The van der Waals surface area contributed by atoms with Crippen molar-refractivity contribution in [1.29, 1.82) is 0 Å². The van der Waals surface area contributed by atoms with E-state index in [9.17, 15) is 18.0 Å². The van der Waals surface area contributed by atoms with Crippen molar-refractivity contribution in [1.82, 2.24) is 10.2 Å². The number of anilines is 1. The quantitative estimate of drug-likeness (QED) is 0.222. The standard InChI is InChI=1S/C32H36Cl3N3O5S/c1-4-28(32(40)36-24-7-5-6-8-24)37(19-22-11-15-26(34)27(35)17-22)31(39)20-38(29-18-23(33)12-16-30(29)43-3)44(41,42)25-13-9-21(2)10-14-25/h9-18,24,28H,4-8,19-20H2,1-3H3,(H,36,40)/t28-/m1/s1. The van der Waals surface area contributed by atoms with Crippen LogP contribution in [0.15, 0.2) is 65.6 Å². The smallest absolute Gasteiger partial charge is 0.264 e. The third-order valence-corrected chi connectivity index (χ3v) is 10.5. The zero-order valence-corrected chi connectivity index (χ0v) is 27.9. The molecule has 1 saturated carbocycles. The Morgan fingerprint density at radius 1 is 0.977 bits per heavy atom. The maximum atomic E-state index is 14.3. The Kier molecular flexibility index (Phi) is 11.5. The number of halogens is 3. The summed E-state index contributed by atoms with van der Waals surface area (Å²) in [6.07, 6.45) is 4.11. The summed E-state index contributed by atoms with van der Waals surface area (Å²) in [7, 11) is -2.89. The van der Waals surface area contributed by atoms with E-state index in [1.54, 1.807) is 36.4 Å². The van der Waals surface area contributed by atoms with Crippen molar-refractivity contribution in [3.8, 4) is 5.75 Å². The molecule has 1 N–H and O–H groups in total. The summed E-state index contributed by atoms with van der Waals surface area (Å²) in [5, 5.41) is 4.00. The second kappa shape index (κ2) is 14.9. The van der Waals surface area contributed by atoms with E-state index in [1.807, 2.05) is 13.8 Å². The number of carbonyl (C=O) groups is 2. The van der Waals surface area contributed by atoms with E-state index < -0.39 is 28.5 Å². The van der Waals surface area contributed by atoms with Crippen LogP contribution >= 0.6 is 34.8 Å². The highest BCUT2D eigenvalue weighted by Gasteiger charge is 2.35. The van der Waals surface area contributed by atoms with Crippen LogP contribution in [0.1, 0.15) is 50.2 Å². The van der Waals surface area contributed by atoms with Crippen molar-refractivity contribution in [3.63, 3.8) is 0 Å². The fraction of sp³-hybridized carbons (Fsp3) is 0.375. The first-order chi connectivity index (χ1) is 20.9. The molecule has 0 spiro atoms. The molecule has 0 radical (unpaired) electrons. The van der Waals surface area contributed by atoms with E-state index in [0.717, 1.165) is 35.6 Å². The number of carbonyl (C=O) groups excluding carboxylic acids is 2. The molecule has 12 heteroatoms. The Bertz CT molecular complexity index is 1600. The molecule has 0 aromatic heterocycles. The van der Waals surface area contributed by atoms with Gasteiger partial charge in [0.15, 0.2) is 0 Å². The lowest BCUT2D eigenvalue weighted by atomic mass is 10.1. The molecule has 1 fully saturated rings. The van der Waals surface area contributed by atoms with Gasteiger partial charge in [0, 0.05) is 17.6 Å². The van der Waals surface area contributed by atoms with E-state index in [1.165, 1.54) is 36.3 Å². The summed E-state index contributed by atoms with van der Waals surface area (Å²) in [5.41, 5.74) is 1.60. The minimum atomic E-state index is -4.30. The number of sulfonamides is 1. The normalized spacial score (nSPS) is 14.2. The van der Waals surface area contributed by atoms with Gasteiger partial charge in [0.25, 0.3) is 10.0 Å². The predicted molar refractivity (Wildman–Crippen MR) is 175 cm³/mol. The minimum Gasteiger partial charge on any atom is -0.495 e. The largest absolute Gasteiger partial charge is 0.495 e. The number of methoxy groups -OCH3 is 1. The Labute approximate surface area is 274 Å². The summed E-state index contributed by atoms with van der Waals surface area (Å²) < 4.78 is 34.8. The molecule has 1 atom stereocenters. The molecule has 1 aliphatic carbocycles. The van der Waals surface area contributed by atoms with Crippen LogP contribution in [0.25, 0.3) is 0 Å². The topological polar surface area (TPSA) is 96.0 Å². The molecular weight excluding hydrogens is 645 g/mol. The molecule has 8 nitrogen and oxygen atoms in total. The number of nitrogens with zero attached hydrogens (tertiary/aromatic N) is 2. The molecule has 0 bridgehead atoms. The van der Waals surface area contributed by atoms with Crippen molar-refractivity contribution < 1.29 is 22.7 Å². The fourth-order valence-corrected chi connectivity index (χ4v) is 7.23. The number of ether oxygens (including phenoxy) is 1. The summed E-state index contributed by atoms with van der Waals surface area (Å²) in [6, 6.07) is 15.0. The summed E-state index contributed by atoms with van der Waals surface area (Å²) in [6.45, 7) is 3.04. The Hall–Kier alpha value is -2.98. The molecule has 0 heterocycles. The minimum absolute atomic E-state index is 0.00256. The van der Waals surface area contributed by atoms with E-state index in [2.05, 4.69) is 5.32 Å². The number of benzene rings is 3. The van der Waals surface area contributed by atoms with Crippen LogP contribution in [-0.4, -0.2) is 50.9 Å². The first-order valence-electron chi connectivity index (χ1n) is 14.4. The lowest BCUT2D eigenvalue weighted by Gasteiger charge is -2.34. The molecular formula is C32H36Cl3N3O5S. The third kappa shape index (κ3) is 7.99. The third-order valence-electron chi connectivity index (χ3n) is 7.72. The van der Waals surface area contributed by atoms with Gasteiger partial charge in [-0.25, -0.2) is 8.42 Å². The number of hydrogen-bond acceptors (Lipinski definition) is 5. The van der Waals surface area contributed by atoms with Gasteiger partial charge in [-0.15, -0.1) is 0 Å². The second-order valence-corrected chi connectivity index (χ2v) is 13.9. The van der Waals surface area contributed by atoms with Crippen LogP contribution in [0.2, 0.25) is 15.1 Å². The van der Waals surface area contributed by atoms with Gasteiger partial charge in [-0.2, -0.15) is 0 Å². The molecule has 0 aliphatic heterocycles. The van der Waals surface area contributed by atoms with Crippen LogP contribution in [-0.2, 0) is 26.2 Å². The molecule has 3 aromatic carbocycles. The molecule has 44 heavy (non-hydrogen) atoms. The van der Waals surface area contributed by atoms with Gasteiger partial charge < -0.3 is 15.0 Å². The van der Waals surface area contributed by atoms with E-state index in [-0.39, 0.29) is 39.8 Å². The second-order valence-electron chi connectivity index (χ2n) is 10.8. The first kappa shape index (κ1) is 33.9. The van der Waals surface area contributed by atoms with Gasteiger partial charge in [-0.1, -0.05) is 78.3 Å². The van der Waals surface area contributed by atoms with Crippen molar-refractivity contribution in [2.75, 3.05) is 18.0 Å². The van der Waals surface area contributed by atoms with Crippen molar-refractivity contribution in [2.45, 2.75) is 69.5 Å². The average molecular weight is 681 g/mol. The number of hydrogen-bond donors (Lipinski definition) is 1. The fourth-order valence-electron chi connectivity index (χ4n) is 5.33. The molecule has 0 unspecified atom stereocenters. The number of aryl methyl sites for hydroxylation is 1. The number of nitrogens with one attached hydrogen (secondary N) is 1. The number of rotatable bonds is 12. The molecule has 2 amide bonds. The van der Waals surface area contributed by atoms with Crippen molar-refractivity contribution in [2.24, 2.45) is 0 Å². The molecule has 3 aromatic rings. The van der Waals surface area contributed by atoms with Gasteiger partial charge in [0.1, 0.15) is 18.3 Å². The van der Waals surface area contributed by atoms with Crippen LogP contribution in [0.3, 0.4) is 0 Å². The van der Waals surface area contributed by atoms with Gasteiger partial charge in [0.05, 0.1) is 27.7 Å². The summed E-state index contributed by atoms with van der Waals surface area (Å²) >= 11 is 18.7. The van der Waals surface area contributed by atoms with Crippen molar-refractivity contribution >= 4 is 62.3 Å². The SMILES string of the molecule is CC[C@H](C(=O)NC1CCCC1)N(Cc1ccc(Cl)c(Cl)c1)C(=O)CN(c1cc(Cl)ccc1OC)S(=O)(=O)c1ccc(C)cc1. The zero-order valence-electron chi connectivity index (χ0n) is 24.9. The van der Waals surface area contributed by atoms with E-state index in [0.29, 0.717) is 22.0 Å². The maximum absolute atomic E-state index is 14.3. The van der Waals surface area contributed by atoms with Gasteiger partial charge in [0.2, 0.25) is 11.8 Å². The summed E-state index contributed by atoms with van der Waals surface area (Å²) in [4.78, 5) is 29.4. The Morgan fingerprint density at radius 2 is 1.66 bits per heavy atom. The lowest BCUT2D eigenvalue weighted by Crippen LogP contribution is -2.53. The number of amides is 2. The van der Waals surface area contributed by atoms with Crippen molar-refractivity contribution in [3.05, 3.63) is 86.9 Å². The van der Waals surface area contributed by atoms with E-state index in [4.69, 9.17) is 39.5 Å². The van der Waals surface area contributed by atoms with E-state index >= 15 is 0 Å². The molecule has 1 aliphatic rings. The highest BCUT2D eigenvalue weighted by molar-refractivity contribution is 7.92.